The molecule has 4 rings (SSSR count). The van der Waals surface area contributed by atoms with E-state index in [1.165, 1.54) is 49.4 Å². The smallest absolute Gasteiger partial charge is 0.275 e. The van der Waals surface area contributed by atoms with E-state index in [0.29, 0.717) is 0 Å². The Morgan fingerprint density at radius 2 is 1.48 bits per heavy atom. The molecular formula is C28H28Zr. The Kier molecular flexibility index (Phi) is 8.48. The molecule has 4 aromatic rings. The van der Waals surface area contributed by atoms with Gasteiger partial charge in [-0.15, -0.1) is 60.0 Å². The minimum absolute atomic E-state index is 0. The first kappa shape index (κ1) is 23.2. The van der Waals surface area contributed by atoms with Gasteiger partial charge in [0.15, 0.2) is 0 Å². The Hall–Kier alpha value is -2.11. The largest absolute Gasteiger partial charge is 2.00 e. The van der Waals surface area contributed by atoms with Gasteiger partial charge in [-0.2, -0.15) is 6.08 Å². The number of rotatable bonds is 2. The maximum atomic E-state index is 3.06. The first-order valence-electron chi connectivity index (χ1n) is 9.84. The van der Waals surface area contributed by atoms with Crippen molar-refractivity contribution in [2.45, 2.75) is 34.6 Å². The van der Waals surface area contributed by atoms with E-state index >= 15 is 0 Å². The van der Waals surface area contributed by atoms with Gasteiger partial charge in [-0.05, 0) is 10.8 Å². The summed E-state index contributed by atoms with van der Waals surface area (Å²) in [5.41, 5.74) is 6.61. The van der Waals surface area contributed by atoms with Gasteiger partial charge in [0.2, 0.25) is 0 Å². The number of fused-ring (bicyclic) bond motifs is 2. The molecule has 0 atom stereocenters. The molecule has 0 heterocycles. The number of allylic oxidation sites excluding steroid dienone is 4. The van der Waals surface area contributed by atoms with Gasteiger partial charge in [0, 0.05) is 0 Å². The van der Waals surface area contributed by atoms with Gasteiger partial charge in [0.05, 0.1) is 0 Å². The predicted octanol–water partition coefficient (Wildman–Crippen LogP) is 8.41. The van der Waals surface area contributed by atoms with Crippen LogP contribution in [0.2, 0.25) is 0 Å². The van der Waals surface area contributed by atoms with E-state index < -0.39 is 0 Å². The molecule has 0 N–H and O–H groups in total. The van der Waals surface area contributed by atoms with Crippen molar-refractivity contribution in [1.82, 2.24) is 0 Å². The number of benzene rings is 3. The predicted molar refractivity (Wildman–Crippen MR) is 125 cm³/mol. The van der Waals surface area contributed by atoms with Crippen molar-refractivity contribution in [2.24, 2.45) is 0 Å². The average Bonchev–Trinajstić information content (AvgIpc) is 3.08. The first-order valence-corrected chi connectivity index (χ1v) is 9.84. The van der Waals surface area contributed by atoms with E-state index in [2.05, 4.69) is 106 Å². The molecule has 0 aromatic heterocycles. The molecule has 144 valence electrons. The SMILES string of the molecule is C[C-]=C(C)C(C)=CC.Cc1[cH-]c2ccccc2c1-c1cccc2ccccc12.[Zr+2]. The third kappa shape index (κ3) is 5.09. The van der Waals surface area contributed by atoms with Crippen molar-refractivity contribution in [3.8, 4) is 11.1 Å². The fourth-order valence-electron chi connectivity index (χ4n) is 3.58. The molecule has 0 nitrogen and oxygen atoms in total. The molecule has 1 heteroatoms. The Bertz CT molecular complexity index is 1130. The van der Waals surface area contributed by atoms with Gasteiger partial charge < -0.3 is 0 Å². The molecule has 29 heavy (non-hydrogen) atoms. The number of hydrogen-bond donors (Lipinski definition) is 0. The summed E-state index contributed by atoms with van der Waals surface area (Å²) < 4.78 is 0. The topological polar surface area (TPSA) is 0 Å². The zero-order valence-electron chi connectivity index (χ0n) is 18.0. The molecule has 0 bridgehead atoms. The molecule has 0 aliphatic rings. The monoisotopic (exact) mass is 454 g/mol. The van der Waals surface area contributed by atoms with Crippen LogP contribution in [0.4, 0.5) is 0 Å². The molecule has 0 unspecified atom stereocenters. The van der Waals surface area contributed by atoms with Crippen LogP contribution in [0, 0.1) is 13.0 Å². The summed E-state index contributed by atoms with van der Waals surface area (Å²) >= 11 is 0. The Morgan fingerprint density at radius 1 is 0.862 bits per heavy atom. The molecule has 0 amide bonds. The molecule has 0 radical (unpaired) electrons. The summed E-state index contributed by atoms with van der Waals surface area (Å²) in [4.78, 5) is 0. The second kappa shape index (κ2) is 10.6. The van der Waals surface area contributed by atoms with Crippen LogP contribution in [-0.2, 0) is 26.2 Å². The van der Waals surface area contributed by atoms with Crippen molar-refractivity contribution in [2.75, 3.05) is 0 Å². The van der Waals surface area contributed by atoms with Crippen LogP contribution in [0.3, 0.4) is 0 Å². The first-order chi connectivity index (χ1) is 13.6. The van der Waals surface area contributed by atoms with Gasteiger partial charge in [0.1, 0.15) is 0 Å². The van der Waals surface area contributed by atoms with Crippen LogP contribution in [0.25, 0.3) is 32.7 Å². The van der Waals surface area contributed by atoms with Crippen LogP contribution in [0.5, 0.6) is 0 Å². The van der Waals surface area contributed by atoms with Gasteiger partial charge in [-0.25, -0.2) is 11.1 Å². The average molecular weight is 456 g/mol. The van der Waals surface area contributed by atoms with Crippen molar-refractivity contribution in [3.05, 3.63) is 102 Å². The summed E-state index contributed by atoms with van der Waals surface area (Å²) in [6.45, 7) is 10.3. The Balaban J connectivity index is 0.000000289. The van der Waals surface area contributed by atoms with Gasteiger partial charge in [-0.3, -0.25) is 6.08 Å². The molecule has 0 fully saturated rings. The van der Waals surface area contributed by atoms with E-state index in [0.717, 1.165) is 0 Å². The van der Waals surface area contributed by atoms with Crippen LogP contribution < -0.4 is 0 Å². The third-order valence-electron chi connectivity index (χ3n) is 5.45. The third-order valence-corrected chi connectivity index (χ3v) is 5.45. The number of hydrogen-bond acceptors (Lipinski definition) is 0. The van der Waals surface area contributed by atoms with Crippen LogP contribution in [0.15, 0.2) is 90.0 Å². The van der Waals surface area contributed by atoms with Gasteiger partial charge in [0.25, 0.3) is 0 Å². The normalized spacial score (nSPS) is 11.8. The van der Waals surface area contributed by atoms with Gasteiger partial charge >= 0.3 is 26.2 Å². The fourth-order valence-corrected chi connectivity index (χ4v) is 3.58. The quantitative estimate of drug-likeness (QED) is 0.210. The van der Waals surface area contributed by atoms with Crippen LogP contribution in [0.1, 0.15) is 33.3 Å². The maximum Gasteiger partial charge on any atom is 2.00 e. The van der Waals surface area contributed by atoms with Crippen molar-refractivity contribution in [1.29, 1.82) is 0 Å². The molecule has 0 aliphatic carbocycles. The number of aryl methyl sites for hydroxylation is 1. The summed E-state index contributed by atoms with van der Waals surface area (Å²) in [7, 11) is 0. The molecule has 4 aromatic carbocycles. The van der Waals surface area contributed by atoms with E-state index in [4.69, 9.17) is 0 Å². The minimum Gasteiger partial charge on any atom is -0.275 e. The van der Waals surface area contributed by atoms with E-state index in [-0.39, 0.29) is 26.2 Å². The molecule has 0 saturated heterocycles. The van der Waals surface area contributed by atoms with Crippen LogP contribution >= 0.6 is 0 Å². The fraction of sp³-hybridized carbons (Fsp3) is 0.179. The maximum absolute atomic E-state index is 3.06. The summed E-state index contributed by atoms with van der Waals surface area (Å²) in [5, 5.41) is 5.30. The second-order valence-corrected chi connectivity index (χ2v) is 7.16. The summed E-state index contributed by atoms with van der Waals surface area (Å²) in [6, 6.07) is 26.1. The van der Waals surface area contributed by atoms with E-state index in [1.54, 1.807) is 0 Å². The van der Waals surface area contributed by atoms with Crippen LogP contribution in [-0.4, -0.2) is 0 Å². The zero-order valence-corrected chi connectivity index (χ0v) is 20.5. The standard InChI is InChI=1S/C20H15.C8H13.Zr/c1-14-13-16-8-3-5-11-18(16)20(14)19-12-6-9-15-7-2-4-10-17(15)19;1-5-7(3)8(4)6-2;/h2-13H,1H3;5H,1-4H3;/q2*-1;+2. The molecule has 0 saturated carbocycles. The van der Waals surface area contributed by atoms with Gasteiger partial charge in [-0.1, -0.05) is 74.9 Å². The van der Waals surface area contributed by atoms with E-state index in [1.807, 2.05) is 13.8 Å². The second-order valence-electron chi connectivity index (χ2n) is 7.16. The molecule has 0 spiro atoms. The van der Waals surface area contributed by atoms with Crippen molar-refractivity contribution < 1.29 is 26.2 Å². The van der Waals surface area contributed by atoms with Crippen molar-refractivity contribution >= 4 is 21.5 Å². The Morgan fingerprint density at radius 3 is 2.14 bits per heavy atom. The minimum atomic E-state index is 0. The zero-order chi connectivity index (χ0) is 20.1. The Labute approximate surface area is 194 Å². The molecular weight excluding hydrogens is 428 g/mol. The summed E-state index contributed by atoms with van der Waals surface area (Å²) in [6.07, 6.45) is 5.15. The van der Waals surface area contributed by atoms with E-state index in [9.17, 15) is 0 Å². The molecule has 0 aliphatic heterocycles. The van der Waals surface area contributed by atoms with Crippen molar-refractivity contribution in [3.63, 3.8) is 0 Å². The summed E-state index contributed by atoms with van der Waals surface area (Å²) in [5.74, 6) is 0.